The van der Waals surface area contributed by atoms with Crippen molar-refractivity contribution in [2.24, 2.45) is 5.92 Å². The topological polar surface area (TPSA) is 66.5 Å². The van der Waals surface area contributed by atoms with Crippen LogP contribution in [0, 0.1) is 5.92 Å². The van der Waals surface area contributed by atoms with E-state index in [1.54, 1.807) is 6.07 Å². The highest BCUT2D eigenvalue weighted by molar-refractivity contribution is 6.35. The number of rotatable bonds is 7. The van der Waals surface area contributed by atoms with Crippen LogP contribution in [0.5, 0.6) is 0 Å². The molecule has 0 aromatic carbocycles. The van der Waals surface area contributed by atoms with Crippen molar-refractivity contribution in [1.29, 1.82) is 0 Å². The van der Waals surface area contributed by atoms with Gasteiger partial charge in [-0.15, -0.1) is 0 Å². The maximum Gasteiger partial charge on any atom is 0.317 e. The van der Waals surface area contributed by atoms with Crippen LogP contribution in [0.25, 0.3) is 0 Å². The number of nitrogens with one attached hydrogen (secondary N) is 2. The van der Waals surface area contributed by atoms with Crippen LogP contribution >= 0.6 is 23.2 Å². The molecule has 0 bridgehead atoms. The van der Waals surface area contributed by atoms with Gasteiger partial charge in [0.15, 0.2) is 0 Å². The van der Waals surface area contributed by atoms with E-state index in [-0.39, 0.29) is 6.03 Å². The van der Waals surface area contributed by atoms with Crippen molar-refractivity contribution < 1.29 is 9.53 Å². The van der Waals surface area contributed by atoms with E-state index in [0.29, 0.717) is 40.9 Å². The van der Waals surface area contributed by atoms with Crippen LogP contribution in [-0.2, 0) is 4.74 Å². The third-order valence-electron chi connectivity index (χ3n) is 4.23. The van der Waals surface area contributed by atoms with Gasteiger partial charge in [-0.25, -0.2) is 9.78 Å². The van der Waals surface area contributed by atoms with Crippen molar-refractivity contribution >= 4 is 35.1 Å². The normalized spacial score (nSPS) is 20.0. The Morgan fingerprint density at radius 2 is 2.17 bits per heavy atom. The summed E-state index contributed by atoms with van der Waals surface area (Å²) in [7, 11) is 0. The SMILES string of the molecule is O=C(NCCNc1ncc(Cl)cc1Cl)N(CC1CCOC1)C1CC1. The molecular weight excluding hydrogens is 351 g/mol. The van der Waals surface area contributed by atoms with Crippen LogP contribution in [0.2, 0.25) is 10.0 Å². The van der Waals surface area contributed by atoms with Crippen LogP contribution in [0.4, 0.5) is 10.6 Å². The summed E-state index contributed by atoms with van der Waals surface area (Å²) >= 11 is 11.9. The molecule has 0 radical (unpaired) electrons. The second-order valence-electron chi connectivity index (χ2n) is 6.26. The molecule has 8 heteroatoms. The molecule has 1 aromatic heterocycles. The van der Waals surface area contributed by atoms with E-state index < -0.39 is 0 Å². The molecule has 2 fully saturated rings. The lowest BCUT2D eigenvalue weighted by atomic mass is 10.1. The molecule has 0 spiro atoms. The monoisotopic (exact) mass is 372 g/mol. The molecule has 1 aromatic rings. The van der Waals surface area contributed by atoms with E-state index in [9.17, 15) is 4.79 Å². The zero-order valence-electron chi connectivity index (χ0n) is 13.4. The van der Waals surface area contributed by atoms with E-state index in [0.717, 1.165) is 39.0 Å². The summed E-state index contributed by atoms with van der Waals surface area (Å²) in [5.41, 5.74) is 0. The summed E-state index contributed by atoms with van der Waals surface area (Å²) in [4.78, 5) is 18.5. The predicted octanol–water partition coefficient (Wildman–Crippen LogP) is 3.01. The Labute approximate surface area is 151 Å². The lowest BCUT2D eigenvalue weighted by molar-refractivity contribution is 0.162. The minimum atomic E-state index is 0.00126. The number of urea groups is 1. The van der Waals surface area contributed by atoms with Crippen molar-refractivity contribution in [2.75, 3.05) is 38.2 Å². The third kappa shape index (κ3) is 4.88. The average Bonchev–Trinajstić information content (AvgIpc) is 3.26. The summed E-state index contributed by atoms with van der Waals surface area (Å²) in [6, 6.07) is 2.03. The van der Waals surface area contributed by atoms with Crippen molar-refractivity contribution in [3.05, 3.63) is 22.3 Å². The maximum absolute atomic E-state index is 12.4. The van der Waals surface area contributed by atoms with Gasteiger partial charge in [0.25, 0.3) is 0 Å². The van der Waals surface area contributed by atoms with Gasteiger partial charge < -0.3 is 20.3 Å². The fraction of sp³-hybridized carbons (Fsp3) is 0.625. The molecule has 1 saturated heterocycles. The molecule has 6 nitrogen and oxygen atoms in total. The second kappa shape index (κ2) is 8.23. The first-order chi connectivity index (χ1) is 11.6. The van der Waals surface area contributed by atoms with Gasteiger partial charge in [-0.3, -0.25) is 0 Å². The van der Waals surface area contributed by atoms with Crippen LogP contribution in [0.3, 0.4) is 0 Å². The van der Waals surface area contributed by atoms with E-state index >= 15 is 0 Å². The minimum Gasteiger partial charge on any atom is -0.381 e. The van der Waals surface area contributed by atoms with Crippen LogP contribution in [-0.4, -0.2) is 54.8 Å². The molecule has 3 rings (SSSR count). The fourth-order valence-electron chi connectivity index (χ4n) is 2.79. The maximum atomic E-state index is 12.4. The number of amides is 2. The first-order valence-corrected chi connectivity index (χ1v) is 9.06. The van der Waals surface area contributed by atoms with Gasteiger partial charge in [0.1, 0.15) is 5.82 Å². The highest BCUT2D eigenvalue weighted by Crippen LogP contribution is 2.29. The number of nitrogens with zero attached hydrogens (tertiary/aromatic N) is 2. The predicted molar refractivity (Wildman–Crippen MR) is 94.8 cm³/mol. The van der Waals surface area contributed by atoms with Gasteiger partial charge in [-0.05, 0) is 25.3 Å². The third-order valence-corrected chi connectivity index (χ3v) is 4.72. The van der Waals surface area contributed by atoms with E-state index in [1.165, 1.54) is 6.20 Å². The fourth-order valence-corrected chi connectivity index (χ4v) is 3.23. The molecule has 1 aliphatic carbocycles. The lowest BCUT2D eigenvalue weighted by Gasteiger charge is -2.25. The number of anilines is 1. The Kier molecular flexibility index (Phi) is 6.03. The van der Waals surface area contributed by atoms with Crippen molar-refractivity contribution in [3.63, 3.8) is 0 Å². The molecule has 2 aliphatic rings. The van der Waals surface area contributed by atoms with Crippen LogP contribution in [0.1, 0.15) is 19.3 Å². The standard InChI is InChI=1S/C16H22Cl2N4O2/c17-12-7-14(18)15(21-8-12)19-4-5-20-16(23)22(13-1-2-13)9-11-3-6-24-10-11/h7-8,11,13H,1-6,9-10H2,(H,19,21)(H,20,23). The summed E-state index contributed by atoms with van der Waals surface area (Å²) in [5, 5.41) is 7.03. The minimum absolute atomic E-state index is 0.00126. The number of aromatic nitrogens is 1. The Morgan fingerprint density at radius 1 is 1.33 bits per heavy atom. The van der Waals surface area contributed by atoms with Gasteiger partial charge in [-0.2, -0.15) is 0 Å². The highest BCUT2D eigenvalue weighted by Gasteiger charge is 2.34. The summed E-state index contributed by atoms with van der Waals surface area (Å²) in [6.07, 6.45) is 4.78. The highest BCUT2D eigenvalue weighted by atomic mass is 35.5. The summed E-state index contributed by atoms with van der Waals surface area (Å²) in [6.45, 7) is 3.41. The number of carbonyl (C=O) groups excluding carboxylic acids is 1. The summed E-state index contributed by atoms with van der Waals surface area (Å²) in [5.74, 6) is 1.03. The number of carbonyl (C=O) groups is 1. The Hall–Kier alpha value is -1.24. The average molecular weight is 373 g/mol. The van der Waals surface area contributed by atoms with Crippen molar-refractivity contribution in [2.45, 2.75) is 25.3 Å². The smallest absolute Gasteiger partial charge is 0.317 e. The van der Waals surface area contributed by atoms with Crippen molar-refractivity contribution in [3.8, 4) is 0 Å². The van der Waals surface area contributed by atoms with Crippen LogP contribution in [0.15, 0.2) is 12.3 Å². The molecular formula is C16H22Cl2N4O2. The van der Waals surface area contributed by atoms with Gasteiger partial charge >= 0.3 is 6.03 Å². The first-order valence-electron chi connectivity index (χ1n) is 8.30. The Bertz CT molecular complexity index is 577. The Balaban J connectivity index is 1.42. The van der Waals surface area contributed by atoms with Gasteiger partial charge in [0.05, 0.1) is 16.7 Å². The molecule has 132 valence electrons. The zero-order valence-corrected chi connectivity index (χ0v) is 14.9. The van der Waals surface area contributed by atoms with Gasteiger partial charge in [-0.1, -0.05) is 23.2 Å². The lowest BCUT2D eigenvalue weighted by Crippen LogP contribution is -2.45. The number of halogens is 2. The van der Waals surface area contributed by atoms with E-state index in [2.05, 4.69) is 15.6 Å². The molecule has 2 amide bonds. The molecule has 2 N–H and O–H groups in total. The number of pyridine rings is 1. The van der Waals surface area contributed by atoms with Crippen LogP contribution < -0.4 is 10.6 Å². The van der Waals surface area contributed by atoms with Gasteiger partial charge in [0.2, 0.25) is 0 Å². The Morgan fingerprint density at radius 3 is 2.83 bits per heavy atom. The molecule has 1 unspecified atom stereocenters. The molecule has 1 aliphatic heterocycles. The first kappa shape index (κ1) is 17.6. The molecule has 1 saturated carbocycles. The molecule has 24 heavy (non-hydrogen) atoms. The number of ether oxygens (including phenoxy) is 1. The van der Waals surface area contributed by atoms with E-state index in [4.69, 9.17) is 27.9 Å². The van der Waals surface area contributed by atoms with Crippen molar-refractivity contribution in [1.82, 2.24) is 15.2 Å². The van der Waals surface area contributed by atoms with Gasteiger partial charge in [0, 0.05) is 44.4 Å². The molecule has 2 heterocycles. The quantitative estimate of drug-likeness (QED) is 0.721. The molecule has 1 atom stereocenters. The number of hydrogen-bond acceptors (Lipinski definition) is 4. The largest absolute Gasteiger partial charge is 0.381 e. The number of hydrogen-bond donors (Lipinski definition) is 2. The van der Waals surface area contributed by atoms with E-state index in [1.807, 2.05) is 4.90 Å². The second-order valence-corrected chi connectivity index (χ2v) is 7.10. The summed E-state index contributed by atoms with van der Waals surface area (Å²) < 4.78 is 5.41. The zero-order chi connectivity index (χ0) is 16.9.